The van der Waals surface area contributed by atoms with E-state index in [-0.39, 0.29) is 6.42 Å². The molecule has 2 heterocycles. The van der Waals surface area contributed by atoms with Crippen molar-refractivity contribution in [2.24, 2.45) is 0 Å². The van der Waals surface area contributed by atoms with E-state index < -0.39 is 12.0 Å². The van der Waals surface area contributed by atoms with Crippen molar-refractivity contribution < 1.29 is 14.7 Å². The first-order valence-corrected chi connectivity index (χ1v) is 10.6. The number of benzene rings is 2. The van der Waals surface area contributed by atoms with Crippen molar-refractivity contribution in [3.8, 4) is 11.1 Å². The van der Waals surface area contributed by atoms with E-state index in [0.29, 0.717) is 22.9 Å². The van der Waals surface area contributed by atoms with Crippen molar-refractivity contribution in [2.45, 2.75) is 12.8 Å². The van der Waals surface area contributed by atoms with Crippen LogP contribution in [0.3, 0.4) is 0 Å². The number of anilines is 2. The Bertz CT molecular complexity index is 1260. The summed E-state index contributed by atoms with van der Waals surface area (Å²) >= 11 is 7.39. The molecule has 31 heavy (non-hydrogen) atoms. The number of carboxylic acid groups (broad SMARTS) is 1. The molecule has 0 aliphatic heterocycles. The van der Waals surface area contributed by atoms with Gasteiger partial charge in [0, 0.05) is 28.1 Å². The fourth-order valence-electron chi connectivity index (χ4n) is 3.08. The minimum Gasteiger partial charge on any atom is -0.481 e. The number of carbonyl (C=O) groups is 2. The molecule has 2 amide bonds. The highest BCUT2D eigenvalue weighted by Gasteiger charge is 2.14. The van der Waals surface area contributed by atoms with Crippen molar-refractivity contribution >= 4 is 56.7 Å². The van der Waals surface area contributed by atoms with Crippen LogP contribution in [0.2, 0.25) is 5.02 Å². The normalized spacial score (nSPS) is 10.7. The largest absolute Gasteiger partial charge is 0.481 e. The summed E-state index contributed by atoms with van der Waals surface area (Å²) in [4.78, 5) is 31.8. The number of aliphatic carboxylic acids is 1. The highest BCUT2D eigenvalue weighted by molar-refractivity contribution is 7.18. The molecule has 0 spiro atoms. The van der Waals surface area contributed by atoms with E-state index >= 15 is 0 Å². The molecule has 2 aromatic carbocycles. The van der Waals surface area contributed by atoms with E-state index in [1.165, 1.54) is 17.7 Å². The van der Waals surface area contributed by atoms with Crippen molar-refractivity contribution in [3.63, 3.8) is 0 Å². The van der Waals surface area contributed by atoms with Gasteiger partial charge in [-0.3, -0.25) is 10.1 Å². The van der Waals surface area contributed by atoms with Gasteiger partial charge in [-0.2, -0.15) is 0 Å². The van der Waals surface area contributed by atoms with Crippen LogP contribution in [-0.2, 0) is 11.2 Å². The Kier molecular flexibility index (Phi) is 6.11. The third-order valence-corrected chi connectivity index (χ3v) is 5.77. The van der Waals surface area contributed by atoms with Gasteiger partial charge < -0.3 is 10.4 Å². The summed E-state index contributed by atoms with van der Waals surface area (Å²) < 4.78 is 0.758. The second-order valence-electron chi connectivity index (χ2n) is 6.73. The maximum Gasteiger partial charge on any atom is 0.324 e. The second-order valence-corrected chi connectivity index (χ2v) is 8.05. The number of thiophene rings is 1. The monoisotopic (exact) mass is 452 g/mol. The number of hydrogen-bond donors (Lipinski definition) is 3. The molecule has 0 unspecified atom stereocenters. The van der Waals surface area contributed by atoms with Gasteiger partial charge >= 0.3 is 12.0 Å². The van der Waals surface area contributed by atoms with Gasteiger partial charge in [0.2, 0.25) is 0 Å². The first-order chi connectivity index (χ1) is 15.0. The average Bonchev–Trinajstić information content (AvgIpc) is 3.18. The Labute approximate surface area is 186 Å². The number of carbonyl (C=O) groups excluding carboxylic acids is 1. The van der Waals surface area contributed by atoms with Crippen molar-refractivity contribution in [1.29, 1.82) is 0 Å². The summed E-state index contributed by atoms with van der Waals surface area (Å²) in [7, 11) is 0. The Morgan fingerprint density at radius 3 is 2.61 bits per heavy atom. The molecule has 0 aliphatic rings. The van der Waals surface area contributed by atoms with Gasteiger partial charge in [-0.05, 0) is 35.7 Å². The van der Waals surface area contributed by atoms with Crippen LogP contribution in [0.25, 0.3) is 21.3 Å². The number of fused-ring (bicyclic) bond motifs is 1. The summed E-state index contributed by atoms with van der Waals surface area (Å²) in [6.45, 7) is 0. The lowest BCUT2D eigenvalue weighted by molar-refractivity contribution is -0.136. The number of urea groups is 1. The smallest absolute Gasteiger partial charge is 0.324 e. The molecule has 0 saturated heterocycles. The van der Waals surface area contributed by atoms with Gasteiger partial charge in [0.15, 0.2) is 5.82 Å². The molecule has 0 bridgehead atoms. The number of halogens is 1. The van der Waals surface area contributed by atoms with Gasteiger partial charge in [-0.25, -0.2) is 14.8 Å². The molecular formula is C22H17ClN4O3S. The number of nitrogens with one attached hydrogen (secondary N) is 2. The van der Waals surface area contributed by atoms with Crippen LogP contribution >= 0.6 is 22.9 Å². The second kappa shape index (κ2) is 9.11. The number of aryl methyl sites for hydroxylation is 1. The molecule has 3 N–H and O–H groups in total. The number of nitrogens with zero attached hydrogens (tertiary/aromatic N) is 2. The molecule has 0 atom stereocenters. The van der Waals surface area contributed by atoms with Crippen molar-refractivity contribution in [3.05, 3.63) is 70.8 Å². The lowest BCUT2D eigenvalue weighted by atomic mass is 10.0. The van der Waals surface area contributed by atoms with Crippen LogP contribution in [0, 0.1) is 0 Å². The molecule has 0 fully saturated rings. The summed E-state index contributed by atoms with van der Waals surface area (Å²) in [5.74, 6) is -0.400. The SMILES string of the molecule is O=C(O)CCc1ccc(-c2csc3c(NC(=O)Nc4cccc(Cl)c4)ncnc23)cc1. The highest BCUT2D eigenvalue weighted by atomic mass is 35.5. The summed E-state index contributed by atoms with van der Waals surface area (Å²) in [5, 5.41) is 16.8. The van der Waals surface area contributed by atoms with E-state index in [9.17, 15) is 9.59 Å². The van der Waals surface area contributed by atoms with Crippen LogP contribution in [-0.4, -0.2) is 27.1 Å². The molecule has 7 nitrogen and oxygen atoms in total. The van der Waals surface area contributed by atoms with Crippen molar-refractivity contribution in [2.75, 3.05) is 10.6 Å². The minimum absolute atomic E-state index is 0.0975. The van der Waals surface area contributed by atoms with Crippen LogP contribution in [0.4, 0.5) is 16.3 Å². The Hall–Kier alpha value is -3.49. The Morgan fingerprint density at radius 1 is 1.06 bits per heavy atom. The molecule has 4 aromatic rings. The number of hydrogen-bond acceptors (Lipinski definition) is 5. The highest BCUT2D eigenvalue weighted by Crippen LogP contribution is 2.35. The van der Waals surface area contributed by atoms with Gasteiger partial charge in [-0.1, -0.05) is 41.9 Å². The zero-order valence-electron chi connectivity index (χ0n) is 16.1. The van der Waals surface area contributed by atoms with Crippen LogP contribution < -0.4 is 10.6 Å². The first-order valence-electron chi connectivity index (χ1n) is 9.36. The van der Waals surface area contributed by atoms with Crippen LogP contribution in [0.1, 0.15) is 12.0 Å². The Balaban J connectivity index is 1.54. The lowest BCUT2D eigenvalue weighted by Gasteiger charge is -2.08. The summed E-state index contributed by atoms with van der Waals surface area (Å²) in [6.07, 6.45) is 1.99. The zero-order chi connectivity index (χ0) is 21.8. The quantitative estimate of drug-likeness (QED) is 0.349. The zero-order valence-corrected chi connectivity index (χ0v) is 17.7. The standard InChI is InChI=1S/C22H17ClN4O3S/c23-15-2-1-3-16(10-15)26-22(30)27-21-20-19(24-12-25-21)17(11-31-20)14-7-4-13(5-8-14)6-9-18(28)29/h1-5,7-8,10-12H,6,9H2,(H,28,29)(H2,24,25,26,27,30). The molecular weight excluding hydrogens is 436 g/mol. The third kappa shape index (κ3) is 4.99. The molecule has 4 rings (SSSR count). The molecule has 9 heteroatoms. The van der Waals surface area contributed by atoms with E-state index in [2.05, 4.69) is 20.6 Å². The van der Waals surface area contributed by atoms with E-state index in [1.54, 1.807) is 24.3 Å². The molecule has 0 aliphatic carbocycles. The predicted octanol–water partition coefficient (Wildman–Crippen LogP) is 5.67. The Morgan fingerprint density at radius 2 is 1.87 bits per heavy atom. The minimum atomic E-state index is -0.816. The molecule has 156 valence electrons. The van der Waals surface area contributed by atoms with E-state index in [0.717, 1.165) is 26.9 Å². The molecule has 0 radical (unpaired) electrons. The number of rotatable bonds is 6. The van der Waals surface area contributed by atoms with Gasteiger partial charge in [0.1, 0.15) is 6.33 Å². The fourth-order valence-corrected chi connectivity index (χ4v) is 4.25. The van der Waals surface area contributed by atoms with Gasteiger partial charge in [0.05, 0.1) is 10.2 Å². The molecule has 2 aromatic heterocycles. The third-order valence-electron chi connectivity index (χ3n) is 4.56. The number of amides is 2. The maximum absolute atomic E-state index is 12.4. The number of aromatic nitrogens is 2. The predicted molar refractivity (Wildman–Crippen MR) is 123 cm³/mol. The van der Waals surface area contributed by atoms with E-state index in [4.69, 9.17) is 16.7 Å². The maximum atomic E-state index is 12.4. The summed E-state index contributed by atoms with van der Waals surface area (Å²) in [5.41, 5.74) is 4.14. The average molecular weight is 453 g/mol. The number of carboxylic acids is 1. The van der Waals surface area contributed by atoms with Gasteiger partial charge in [-0.15, -0.1) is 11.3 Å². The topological polar surface area (TPSA) is 104 Å². The van der Waals surface area contributed by atoms with E-state index in [1.807, 2.05) is 29.6 Å². The lowest BCUT2D eigenvalue weighted by Crippen LogP contribution is -2.20. The molecule has 0 saturated carbocycles. The first kappa shape index (κ1) is 20.8. The van der Waals surface area contributed by atoms with Crippen LogP contribution in [0.5, 0.6) is 0 Å². The van der Waals surface area contributed by atoms with Gasteiger partial charge in [0.25, 0.3) is 0 Å². The summed E-state index contributed by atoms with van der Waals surface area (Å²) in [6, 6.07) is 14.2. The van der Waals surface area contributed by atoms with Crippen molar-refractivity contribution in [1.82, 2.24) is 9.97 Å². The van der Waals surface area contributed by atoms with Crippen LogP contribution in [0.15, 0.2) is 60.2 Å². The fraction of sp³-hybridized carbons (Fsp3) is 0.0909.